The molecule has 1 aromatic rings. The molecular weight excluding hydrogens is 189 g/mol. The highest BCUT2D eigenvalue weighted by Gasteiger charge is 2.54. The quantitative estimate of drug-likeness (QED) is 0.743. The Morgan fingerprint density at radius 2 is 2.33 bits per heavy atom. The van der Waals surface area contributed by atoms with Crippen molar-refractivity contribution in [1.29, 1.82) is 0 Å². The second kappa shape index (κ2) is 3.31. The lowest BCUT2D eigenvalue weighted by molar-refractivity contribution is 0.346. The van der Waals surface area contributed by atoms with Gasteiger partial charge in [-0.1, -0.05) is 12.1 Å². The van der Waals surface area contributed by atoms with E-state index >= 15 is 0 Å². The maximum atomic E-state index is 13.1. The van der Waals surface area contributed by atoms with Crippen LogP contribution in [0.2, 0.25) is 0 Å². The minimum atomic E-state index is -0.0988. The van der Waals surface area contributed by atoms with Crippen molar-refractivity contribution in [1.82, 2.24) is 5.32 Å². The third kappa shape index (κ3) is 1.57. The molecule has 2 heteroatoms. The van der Waals surface area contributed by atoms with Crippen molar-refractivity contribution in [2.24, 2.45) is 5.41 Å². The molecule has 2 atom stereocenters. The fraction of sp³-hybridized carbons (Fsp3) is 0.538. The van der Waals surface area contributed by atoms with Crippen LogP contribution < -0.4 is 5.32 Å². The van der Waals surface area contributed by atoms with E-state index in [1.807, 2.05) is 6.07 Å². The van der Waals surface area contributed by atoms with Crippen LogP contribution in [0.25, 0.3) is 0 Å². The van der Waals surface area contributed by atoms with Gasteiger partial charge in [0.2, 0.25) is 0 Å². The zero-order valence-corrected chi connectivity index (χ0v) is 8.80. The minimum absolute atomic E-state index is 0.0988. The van der Waals surface area contributed by atoms with Crippen LogP contribution >= 0.6 is 0 Å². The van der Waals surface area contributed by atoms with Gasteiger partial charge in [0, 0.05) is 6.54 Å². The molecule has 80 valence electrons. The number of hydrogen-bond acceptors (Lipinski definition) is 1. The Balaban J connectivity index is 1.80. The largest absolute Gasteiger partial charge is 0.316 e. The monoisotopic (exact) mass is 205 g/mol. The molecule has 2 unspecified atom stereocenters. The lowest BCUT2D eigenvalue weighted by atomic mass is 9.91. The fourth-order valence-electron chi connectivity index (χ4n) is 3.01. The van der Waals surface area contributed by atoms with Gasteiger partial charge in [-0.25, -0.2) is 4.39 Å². The van der Waals surface area contributed by atoms with Crippen LogP contribution in [-0.2, 0) is 0 Å². The van der Waals surface area contributed by atoms with E-state index in [0.717, 1.165) is 13.1 Å². The van der Waals surface area contributed by atoms with Crippen LogP contribution in [-0.4, -0.2) is 13.1 Å². The normalized spacial score (nSPS) is 34.3. The molecule has 1 aliphatic heterocycles. The van der Waals surface area contributed by atoms with Crippen molar-refractivity contribution < 1.29 is 4.39 Å². The highest BCUT2D eigenvalue weighted by Crippen LogP contribution is 2.62. The van der Waals surface area contributed by atoms with Gasteiger partial charge in [-0.15, -0.1) is 0 Å². The summed E-state index contributed by atoms with van der Waals surface area (Å²) in [6.45, 7) is 2.27. The zero-order valence-electron chi connectivity index (χ0n) is 8.80. The van der Waals surface area contributed by atoms with Gasteiger partial charge >= 0.3 is 0 Å². The number of nitrogens with one attached hydrogen (secondary N) is 1. The van der Waals surface area contributed by atoms with Gasteiger partial charge in [0.1, 0.15) is 5.82 Å². The molecule has 1 aliphatic carbocycles. The van der Waals surface area contributed by atoms with E-state index in [-0.39, 0.29) is 5.82 Å². The van der Waals surface area contributed by atoms with Crippen LogP contribution in [0.3, 0.4) is 0 Å². The van der Waals surface area contributed by atoms with Crippen LogP contribution in [0, 0.1) is 11.2 Å². The Kier molecular flexibility index (Phi) is 2.06. The first-order chi connectivity index (χ1) is 7.30. The molecule has 15 heavy (non-hydrogen) atoms. The topological polar surface area (TPSA) is 12.0 Å². The van der Waals surface area contributed by atoms with Gasteiger partial charge in [-0.05, 0) is 54.8 Å². The summed E-state index contributed by atoms with van der Waals surface area (Å²) in [5.74, 6) is 0.499. The maximum Gasteiger partial charge on any atom is 0.123 e. The number of rotatable bonds is 1. The average Bonchev–Trinajstić information content (AvgIpc) is 2.93. The second-order valence-corrected chi connectivity index (χ2v) is 4.95. The molecular formula is C13H16FN. The Hall–Kier alpha value is -0.890. The lowest BCUT2D eigenvalue weighted by Crippen LogP contribution is -2.31. The average molecular weight is 205 g/mol. The number of piperidine rings is 1. The number of halogens is 1. The predicted octanol–water partition coefficient (Wildman–Crippen LogP) is 2.68. The maximum absolute atomic E-state index is 13.1. The fourth-order valence-corrected chi connectivity index (χ4v) is 3.01. The molecule has 2 aliphatic rings. The molecule has 2 fully saturated rings. The van der Waals surface area contributed by atoms with Gasteiger partial charge in [0.25, 0.3) is 0 Å². The second-order valence-electron chi connectivity index (χ2n) is 4.95. The summed E-state index contributed by atoms with van der Waals surface area (Å²) in [6, 6.07) is 7.12. The molecule has 1 N–H and O–H groups in total. The Labute approximate surface area is 89.7 Å². The van der Waals surface area contributed by atoms with Gasteiger partial charge in [-0.3, -0.25) is 0 Å². The van der Waals surface area contributed by atoms with Crippen LogP contribution in [0.4, 0.5) is 4.39 Å². The summed E-state index contributed by atoms with van der Waals surface area (Å²) >= 11 is 0. The first-order valence-corrected chi connectivity index (χ1v) is 5.76. The Morgan fingerprint density at radius 1 is 1.40 bits per heavy atom. The van der Waals surface area contributed by atoms with Gasteiger partial charge < -0.3 is 5.32 Å². The molecule has 1 heterocycles. The van der Waals surface area contributed by atoms with E-state index in [0.29, 0.717) is 11.3 Å². The van der Waals surface area contributed by atoms with Crippen molar-refractivity contribution in [2.45, 2.75) is 25.2 Å². The smallest absolute Gasteiger partial charge is 0.123 e. The first-order valence-electron chi connectivity index (χ1n) is 5.76. The van der Waals surface area contributed by atoms with E-state index in [4.69, 9.17) is 0 Å². The standard InChI is InChI=1S/C13H16FN/c14-11-4-1-3-10(7-11)12-8-13(12)5-2-6-15-9-13/h1,3-4,7,12,15H,2,5-6,8-9H2. The highest BCUT2D eigenvalue weighted by atomic mass is 19.1. The summed E-state index contributed by atoms with van der Waals surface area (Å²) in [5, 5.41) is 3.46. The van der Waals surface area contributed by atoms with Gasteiger partial charge in [0.15, 0.2) is 0 Å². The molecule has 1 saturated heterocycles. The molecule has 0 amide bonds. The van der Waals surface area contributed by atoms with E-state index in [2.05, 4.69) is 11.4 Å². The van der Waals surface area contributed by atoms with Crippen LogP contribution in [0.15, 0.2) is 24.3 Å². The van der Waals surface area contributed by atoms with Gasteiger partial charge in [-0.2, -0.15) is 0 Å². The van der Waals surface area contributed by atoms with E-state index in [1.54, 1.807) is 6.07 Å². The summed E-state index contributed by atoms with van der Waals surface area (Å²) in [7, 11) is 0. The number of benzene rings is 1. The highest BCUT2D eigenvalue weighted by molar-refractivity contribution is 5.31. The summed E-state index contributed by atoms with van der Waals surface area (Å²) in [6.07, 6.45) is 3.82. The molecule has 1 nitrogen and oxygen atoms in total. The van der Waals surface area contributed by atoms with Gasteiger partial charge in [0.05, 0.1) is 0 Å². The molecule has 1 spiro atoms. The van der Waals surface area contributed by atoms with Crippen molar-refractivity contribution in [3.63, 3.8) is 0 Å². The molecule has 1 saturated carbocycles. The minimum Gasteiger partial charge on any atom is -0.316 e. The summed E-state index contributed by atoms with van der Waals surface area (Å²) in [4.78, 5) is 0. The third-order valence-electron chi connectivity index (χ3n) is 3.95. The summed E-state index contributed by atoms with van der Waals surface area (Å²) in [5.41, 5.74) is 1.66. The Bertz CT molecular complexity index is 369. The number of hydrogen-bond donors (Lipinski definition) is 1. The van der Waals surface area contributed by atoms with E-state index in [9.17, 15) is 4.39 Å². The van der Waals surface area contributed by atoms with Crippen LogP contribution in [0.1, 0.15) is 30.7 Å². The summed E-state index contributed by atoms with van der Waals surface area (Å²) < 4.78 is 13.1. The molecule has 1 aromatic carbocycles. The molecule has 0 bridgehead atoms. The van der Waals surface area contributed by atoms with Crippen molar-refractivity contribution >= 4 is 0 Å². The predicted molar refractivity (Wildman–Crippen MR) is 58.3 cm³/mol. The lowest BCUT2D eigenvalue weighted by Gasteiger charge is -2.23. The third-order valence-corrected chi connectivity index (χ3v) is 3.95. The Morgan fingerprint density at radius 3 is 3.07 bits per heavy atom. The molecule has 3 rings (SSSR count). The van der Waals surface area contributed by atoms with Crippen LogP contribution in [0.5, 0.6) is 0 Å². The van der Waals surface area contributed by atoms with Crippen molar-refractivity contribution in [3.05, 3.63) is 35.6 Å². The SMILES string of the molecule is Fc1cccc(C2CC23CCCNC3)c1. The molecule has 0 aromatic heterocycles. The van der Waals surface area contributed by atoms with Crippen molar-refractivity contribution in [2.75, 3.05) is 13.1 Å². The van der Waals surface area contributed by atoms with E-state index in [1.165, 1.54) is 30.9 Å². The molecule has 0 radical (unpaired) electrons. The van der Waals surface area contributed by atoms with Crippen molar-refractivity contribution in [3.8, 4) is 0 Å². The first kappa shape index (κ1) is 9.34. The zero-order chi connectivity index (χ0) is 10.3. The van der Waals surface area contributed by atoms with E-state index < -0.39 is 0 Å².